The predicted molar refractivity (Wildman–Crippen MR) is 449 cm³/mol. The Kier molecular flexibility index (Phi) is 28.4. The first kappa shape index (κ1) is 88.7. The highest BCUT2D eigenvalue weighted by Gasteiger charge is 2.31. The molecule has 0 aliphatic rings. The Morgan fingerprint density at radius 1 is 0.455 bits per heavy atom. The lowest BCUT2D eigenvalue weighted by atomic mass is 9.85. The monoisotopic (exact) mass is 1540 g/mol. The average Bonchev–Trinajstić information content (AvgIpc) is 1.62. The summed E-state index contributed by atoms with van der Waals surface area (Å²) in [5.41, 5.74) is 15.4. The Labute approximate surface area is 655 Å². The number of nitrogens with zero attached hydrogens (tertiary/aromatic N) is 5. The predicted octanol–water partition coefficient (Wildman–Crippen LogP) is 21.4. The Balaban J connectivity index is 0.000000209. The summed E-state index contributed by atoms with van der Waals surface area (Å²) in [6.45, 7) is 40.5. The van der Waals surface area contributed by atoms with Crippen molar-refractivity contribution in [2.75, 3.05) is 13.1 Å². The summed E-state index contributed by atoms with van der Waals surface area (Å²) in [6.07, 6.45) is 8.77. The second kappa shape index (κ2) is 35.2. The molecule has 110 heavy (non-hydrogen) atoms. The van der Waals surface area contributed by atoms with Gasteiger partial charge in [-0.05, 0) is 174 Å². The molecule has 5 aromatic heterocycles. The van der Waals surface area contributed by atoms with E-state index < -0.39 is 53.3 Å². The van der Waals surface area contributed by atoms with Crippen LogP contribution in [-0.2, 0) is 67.5 Å². The number of aromatic amines is 3. The SMILES string of the molecule is C.CC(C)(C#N)c1c[nH]c2ccccc12.CC(C)(C)OC(=O)n1cc(C(C)(C)C#N)c2ccccc21.CC(C)(C)OC(=O)n1cc(CC#N)c2ccccc21.CC(C)(C)c1ccc(S(=O)(=O)Cl)cc1.CC(C)(C)c1ccc(S(=O)(=O)NCC(C)(C)c2c[nH]c3ccccc23)cc1.CC(C)(CN)c1c[nH]c2ccccc12. The lowest BCUT2D eigenvalue weighted by Crippen LogP contribution is -2.36. The van der Waals surface area contributed by atoms with Gasteiger partial charge in [0.15, 0.2) is 0 Å². The van der Waals surface area contributed by atoms with E-state index in [0.717, 1.165) is 77.0 Å². The van der Waals surface area contributed by atoms with E-state index in [4.69, 9.17) is 36.4 Å². The number of ether oxygens (including phenoxy) is 2. The third kappa shape index (κ3) is 22.7. The maximum atomic E-state index is 12.8. The van der Waals surface area contributed by atoms with Crippen molar-refractivity contribution >= 4 is 96.5 Å². The van der Waals surface area contributed by atoms with Crippen LogP contribution in [0.5, 0.6) is 0 Å². The minimum Gasteiger partial charge on any atom is -0.443 e. The Bertz CT molecular complexity index is 5530. The third-order valence-corrected chi connectivity index (χ3v) is 21.1. The molecule has 12 aromatic rings. The fraction of sp³-hybridized carbons (Fsp3) is 0.360. The number of nitrogens with one attached hydrogen (secondary N) is 4. The molecule has 0 aliphatic heterocycles. The Hall–Kier alpha value is -10.2. The van der Waals surface area contributed by atoms with Gasteiger partial charge in [-0.1, -0.05) is 192 Å². The number of rotatable bonds is 11. The molecule has 0 atom stereocenters. The number of halogens is 1. The number of aromatic nitrogens is 5. The van der Waals surface area contributed by atoms with Crippen LogP contribution in [0.3, 0.4) is 0 Å². The number of benzene rings is 7. The summed E-state index contributed by atoms with van der Waals surface area (Å²) in [7, 11) is -1.96. The number of carbonyl (C=O) groups excluding carboxylic acids is 2. The van der Waals surface area contributed by atoms with Gasteiger partial charge in [-0.25, -0.2) is 31.1 Å². The smallest absolute Gasteiger partial charge is 0.419 e. The number of nitriles is 3. The summed E-state index contributed by atoms with van der Waals surface area (Å²) in [4.78, 5) is 34.7. The van der Waals surface area contributed by atoms with Gasteiger partial charge in [0.1, 0.15) is 11.2 Å². The summed E-state index contributed by atoms with van der Waals surface area (Å²) in [5.74, 6) is 0. The molecule has 0 unspecified atom stereocenters. The average molecular weight is 1550 g/mol. The van der Waals surface area contributed by atoms with Crippen LogP contribution in [0.4, 0.5) is 9.59 Å². The summed E-state index contributed by atoms with van der Waals surface area (Å²) < 4.78 is 64.0. The highest BCUT2D eigenvalue weighted by molar-refractivity contribution is 8.13. The topological polar surface area (TPSA) is 288 Å². The van der Waals surface area contributed by atoms with Gasteiger partial charge in [0.05, 0.1) is 56.3 Å². The number of hydrogen-bond donors (Lipinski definition) is 5. The standard InChI is InChI=1S/C22H28N2O2S.C17H20N2O2.C15H16N2O2.C12H16N2.C12H12N2.C10H13ClO2S.CH4/c1-21(2,3)16-10-12-17(13-11-16)27(25,26)24-15-22(4,5)19-14-23-20-9-7-6-8-18(19)20;1-16(2,3)21-15(20)19-10-13(17(4,5)11-18)12-8-6-7-9-14(12)19;1-15(2,3)19-14(18)17-10-11(8-9-16)12-6-4-5-7-13(12)17;2*1-12(2,8-13)10-7-14-11-6-4-3-5-9(10)11;1-10(2,3)8-4-6-9(7-5-8)14(11,12)13;/h6-14,23-24H,15H2,1-5H3;6-10H,1-5H3;4-7,10H,8H2,1-3H3;3-7,14H,8,13H2,1-2H3;3-7,14H,1-2H3;4-7H,1-3H3;1H4. The van der Waals surface area contributed by atoms with Crippen LogP contribution in [0.25, 0.3) is 54.5 Å². The van der Waals surface area contributed by atoms with Crippen molar-refractivity contribution in [2.24, 2.45) is 5.73 Å². The molecular weight excluding hydrogens is 1440 g/mol. The fourth-order valence-corrected chi connectivity index (χ4v) is 13.8. The van der Waals surface area contributed by atoms with E-state index in [9.17, 15) is 31.7 Å². The largest absolute Gasteiger partial charge is 0.443 e. The van der Waals surface area contributed by atoms with Crippen molar-refractivity contribution in [2.45, 2.75) is 206 Å². The molecular formula is C89H109ClN10O8S2. The van der Waals surface area contributed by atoms with Crippen molar-refractivity contribution in [3.8, 4) is 18.2 Å². The van der Waals surface area contributed by atoms with Crippen LogP contribution < -0.4 is 10.5 Å². The zero-order chi connectivity index (χ0) is 81.1. The van der Waals surface area contributed by atoms with Gasteiger partial charge in [0, 0.05) is 109 Å². The normalized spacial score (nSPS) is 12.2. The number of hydrogen-bond acceptors (Lipinski definition) is 12. The number of sulfonamides is 1. The van der Waals surface area contributed by atoms with Crippen molar-refractivity contribution in [3.63, 3.8) is 0 Å². The van der Waals surface area contributed by atoms with E-state index in [1.54, 1.807) is 36.7 Å². The fourth-order valence-electron chi connectivity index (χ4n) is 11.9. The quantitative estimate of drug-likeness (QED) is 0.0756. The molecule has 0 radical (unpaired) electrons. The second-order valence-corrected chi connectivity index (χ2v) is 37.6. The van der Waals surface area contributed by atoms with Gasteiger partial charge in [0.2, 0.25) is 10.0 Å². The molecule has 0 fully saturated rings. The highest BCUT2D eigenvalue weighted by Crippen LogP contribution is 2.36. The van der Waals surface area contributed by atoms with E-state index in [0.29, 0.717) is 18.0 Å². The molecule has 5 heterocycles. The molecule has 21 heteroatoms. The molecule has 0 saturated heterocycles. The van der Waals surface area contributed by atoms with E-state index in [1.807, 2.05) is 205 Å². The Morgan fingerprint density at radius 3 is 1.19 bits per heavy atom. The van der Waals surface area contributed by atoms with Gasteiger partial charge in [-0.3, -0.25) is 9.13 Å². The number of para-hydroxylation sites is 5. The molecule has 12 rings (SSSR count). The van der Waals surface area contributed by atoms with Crippen LogP contribution >= 0.6 is 10.7 Å². The zero-order valence-electron chi connectivity index (χ0n) is 66.4. The zero-order valence-corrected chi connectivity index (χ0v) is 68.8. The van der Waals surface area contributed by atoms with Gasteiger partial charge in [-0.2, -0.15) is 15.8 Å². The van der Waals surface area contributed by atoms with Gasteiger partial charge >= 0.3 is 12.2 Å². The molecule has 7 aromatic carbocycles. The van der Waals surface area contributed by atoms with E-state index >= 15 is 0 Å². The van der Waals surface area contributed by atoms with Crippen LogP contribution in [0.2, 0.25) is 0 Å². The van der Waals surface area contributed by atoms with Crippen molar-refractivity contribution in [1.29, 1.82) is 15.8 Å². The number of carbonyl (C=O) groups is 2. The summed E-state index contributed by atoms with van der Waals surface area (Å²) in [6, 6.07) is 60.0. The highest BCUT2D eigenvalue weighted by atomic mass is 35.7. The number of H-pyrrole nitrogens is 3. The third-order valence-electron chi connectivity index (χ3n) is 18.3. The van der Waals surface area contributed by atoms with Crippen LogP contribution in [0.15, 0.2) is 211 Å². The maximum Gasteiger partial charge on any atom is 0.419 e. The molecule has 582 valence electrons. The lowest BCUT2D eigenvalue weighted by Gasteiger charge is -2.25. The van der Waals surface area contributed by atoms with Gasteiger partial charge in [-0.15, -0.1) is 0 Å². The second-order valence-electron chi connectivity index (χ2n) is 33.3. The minimum atomic E-state index is -3.59. The van der Waals surface area contributed by atoms with Crippen LogP contribution in [0, 0.1) is 34.0 Å². The lowest BCUT2D eigenvalue weighted by molar-refractivity contribution is 0.0533. The molecule has 0 saturated carbocycles. The first-order chi connectivity index (χ1) is 50.6. The van der Waals surface area contributed by atoms with Crippen molar-refractivity contribution < 1.29 is 35.9 Å². The molecule has 0 bridgehead atoms. The molecule has 0 aliphatic carbocycles. The maximum absolute atomic E-state index is 12.8. The van der Waals surface area contributed by atoms with Gasteiger partial charge in [0.25, 0.3) is 9.05 Å². The first-order valence-corrected chi connectivity index (χ1v) is 39.8. The van der Waals surface area contributed by atoms with Gasteiger partial charge < -0.3 is 30.2 Å². The first-order valence-electron chi connectivity index (χ1n) is 36.0. The minimum absolute atomic E-state index is 0. The number of nitrogens with two attached hydrogens (primary N) is 1. The summed E-state index contributed by atoms with van der Waals surface area (Å²) in [5, 5.41) is 32.6. The molecule has 6 N–H and O–H groups in total. The molecule has 18 nitrogen and oxygen atoms in total. The van der Waals surface area contributed by atoms with Crippen LogP contribution in [-0.4, -0.2) is 77.4 Å². The van der Waals surface area contributed by atoms with Crippen LogP contribution in [0.1, 0.15) is 185 Å². The van der Waals surface area contributed by atoms with E-state index in [2.05, 4.69) is 124 Å². The summed E-state index contributed by atoms with van der Waals surface area (Å²) >= 11 is 0. The van der Waals surface area contributed by atoms with E-state index in [1.165, 1.54) is 37.7 Å². The molecule has 0 spiro atoms. The van der Waals surface area contributed by atoms with Crippen molar-refractivity contribution in [1.82, 2.24) is 28.8 Å². The molecule has 0 amide bonds. The van der Waals surface area contributed by atoms with E-state index in [-0.39, 0.29) is 40.4 Å². The van der Waals surface area contributed by atoms with Crippen molar-refractivity contribution in [3.05, 3.63) is 240 Å². The Morgan fingerprint density at radius 2 is 0.800 bits per heavy atom. The number of fused-ring (bicyclic) bond motifs is 5.